The van der Waals surface area contributed by atoms with Gasteiger partial charge in [-0.05, 0) is 5.92 Å². The summed E-state index contributed by atoms with van der Waals surface area (Å²) in [5.74, 6) is 0.578. The third-order valence-electron chi connectivity index (χ3n) is 0.570. The molecule has 0 heterocycles. The van der Waals surface area contributed by atoms with Gasteiger partial charge < -0.3 is 0 Å². The van der Waals surface area contributed by atoms with Gasteiger partial charge in [-0.1, -0.05) is 51.8 Å². The lowest BCUT2D eigenvalue weighted by Gasteiger charge is -1.93. The number of halogens is 2. The van der Waals surface area contributed by atoms with Gasteiger partial charge in [-0.2, -0.15) is 0 Å². The van der Waals surface area contributed by atoms with E-state index in [4.69, 9.17) is 0 Å². The Kier molecular flexibility index (Phi) is 4.97. The fraction of sp³-hybridized carbons (Fsp3) is 0.500. The summed E-state index contributed by atoms with van der Waals surface area (Å²) < 4.78 is 0.979. The minimum Gasteiger partial charge on any atom is -0.0755 e. The van der Waals surface area contributed by atoms with Crippen LogP contribution in [-0.2, 0) is 0 Å². The van der Waals surface area contributed by atoms with Crippen molar-refractivity contribution in [2.75, 3.05) is 0 Å². The van der Waals surface area contributed by atoms with E-state index < -0.39 is 0 Å². The summed E-state index contributed by atoms with van der Waals surface area (Å²) >= 11 is 6.36. The molecule has 0 amide bonds. The summed E-state index contributed by atoms with van der Waals surface area (Å²) in [6.45, 7) is 4.23. The number of allylic oxidation sites excluding steroid dienone is 2. The molecule has 0 bridgehead atoms. The lowest BCUT2D eigenvalue weighted by molar-refractivity contribution is 0.830. The molecule has 0 spiro atoms. The largest absolute Gasteiger partial charge is 0.1000 e. The van der Waals surface area contributed by atoms with Gasteiger partial charge in [-0.3, -0.25) is 0 Å². The first-order valence-corrected chi connectivity index (χ1v) is 3.99. The molecule has 0 unspecified atom stereocenters. The summed E-state index contributed by atoms with van der Waals surface area (Å²) in [6, 6.07) is 0. The number of hydrogen-bond donors (Lipinski definition) is 0. The zero-order valence-corrected chi connectivity index (χ0v) is 8.08. The summed E-state index contributed by atoms with van der Waals surface area (Å²) in [6.07, 6.45) is 2.06. The van der Waals surface area contributed by atoms with Gasteiger partial charge in [-0.15, -0.1) is 0 Å². The monoisotopic (exact) mass is 238 g/mol. The molecule has 0 nitrogen and oxygen atoms in total. The maximum atomic E-state index is 3.28. The molecule has 0 aliphatic heterocycles. The van der Waals surface area contributed by atoms with E-state index in [2.05, 4.69) is 57.1 Å². The molecular formula is C6H8Br2. The molecule has 0 aliphatic carbocycles. The van der Waals surface area contributed by atoms with Crippen molar-refractivity contribution < 1.29 is 0 Å². The van der Waals surface area contributed by atoms with Gasteiger partial charge in [0.2, 0.25) is 0 Å². The van der Waals surface area contributed by atoms with Crippen LogP contribution < -0.4 is 0 Å². The molecule has 0 saturated carbocycles. The third kappa shape index (κ3) is 4.85. The maximum absolute atomic E-state index is 3.28. The van der Waals surface area contributed by atoms with Crippen molar-refractivity contribution in [2.24, 2.45) is 5.92 Å². The Bertz CT molecular complexity index is 84.5. The quantitative estimate of drug-likeness (QED) is 0.694. The summed E-state index contributed by atoms with van der Waals surface area (Å²) in [4.78, 5) is 0. The van der Waals surface area contributed by atoms with Crippen molar-refractivity contribution in [1.29, 1.82) is 0 Å². The normalized spacial score (nSPS) is 12.9. The average Bonchev–Trinajstić information content (AvgIpc) is 1.65. The molecule has 2 heteroatoms. The van der Waals surface area contributed by atoms with Crippen LogP contribution in [0.15, 0.2) is 10.6 Å². The predicted octanol–water partition coefficient (Wildman–Crippen LogP) is 3.35. The maximum Gasteiger partial charge on any atom is 0.1000 e. The van der Waals surface area contributed by atoms with Crippen molar-refractivity contribution in [3.63, 3.8) is 0 Å². The first-order chi connectivity index (χ1) is 3.66. The standard InChI is InChI=1S/C6H8Br2/c1-5(2)3-6(8)4-7/h3,5H,1-2H3/b6-3-. The van der Waals surface area contributed by atoms with Gasteiger partial charge in [0.05, 0.1) is 5.33 Å². The molecule has 0 fully saturated rings. The van der Waals surface area contributed by atoms with E-state index in [-0.39, 0.29) is 0 Å². The van der Waals surface area contributed by atoms with Crippen molar-refractivity contribution in [2.45, 2.75) is 13.8 Å². The lowest BCUT2D eigenvalue weighted by atomic mass is 10.2. The second kappa shape index (κ2) is 4.57. The van der Waals surface area contributed by atoms with Gasteiger partial charge >= 0.3 is 0 Å². The van der Waals surface area contributed by atoms with E-state index in [0.29, 0.717) is 5.92 Å². The van der Waals surface area contributed by atoms with Crippen LogP contribution in [0.5, 0.6) is 0 Å². The van der Waals surface area contributed by atoms with E-state index in [0.717, 1.165) is 4.48 Å². The van der Waals surface area contributed by atoms with Gasteiger partial charge in [0.1, 0.15) is 0 Å². The topological polar surface area (TPSA) is 0 Å². The minimum absolute atomic E-state index is 0.578. The SMILES string of the molecule is CC(C)/C=C(\Br)[C]Br. The lowest BCUT2D eigenvalue weighted by Crippen LogP contribution is -1.78. The van der Waals surface area contributed by atoms with Crippen LogP contribution in [0, 0.1) is 11.2 Å². The van der Waals surface area contributed by atoms with E-state index in [1.54, 1.807) is 0 Å². The van der Waals surface area contributed by atoms with Gasteiger partial charge in [0.25, 0.3) is 0 Å². The first-order valence-electron chi connectivity index (χ1n) is 2.40. The van der Waals surface area contributed by atoms with Crippen LogP contribution in [0.2, 0.25) is 0 Å². The molecule has 0 aromatic carbocycles. The molecule has 0 aliphatic rings. The van der Waals surface area contributed by atoms with Crippen LogP contribution in [0.3, 0.4) is 0 Å². The number of rotatable bonds is 2. The van der Waals surface area contributed by atoms with Crippen LogP contribution in [-0.4, -0.2) is 0 Å². The number of hydrogen-bond acceptors (Lipinski definition) is 0. The third-order valence-corrected chi connectivity index (χ3v) is 1.99. The Morgan fingerprint density at radius 3 is 2.25 bits per heavy atom. The Labute approximate surface area is 67.6 Å². The Morgan fingerprint density at radius 2 is 2.12 bits per heavy atom. The van der Waals surface area contributed by atoms with E-state index in [1.165, 1.54) is 0 Å². The molecule has 46 valence electrons. The molecule has 0 aromatic rings. The molecule has 0 rings (SSSR count). The molecule has 0 atom stereocenters. The van der Waals surface area contributed by atoms with Crippen LogP contribution in [0.25, 0.3) is 0 Å². The fourth-order valence-electron chi connectivity index (χ4n) is 0.324. The van der Waals surface area contributed by atoms with Crippen LogP contribution in [0.4, 0.5) is 0 Å². The van der Waals surface area contributed by atoms with Crippen LogP contribution >= 0.6 is 31.9 Å². The molecule has 2 radical (unpaired) electrons. The van der Waals surface area contributed by atoms with Crippen molar-refractivity contribution in [3.05, 3.63) is 15.9 Å². The molecule has 0 aromatic heterocycles. The predicted molar refractivity (Wildman–Crippen MR) is 44.0 cm³/mol. The van der Waals surface area contributed by atoms with Crippen molar-refractivity contribution in [1.82, 2.24) is 0 Å². The first kappa shape index (κ1) is 8.70. The van der Waals surface area contributed by atoms with Gasteiger partial charge in [0, 0.05) is 4.48 Å². The minimum atomic E-state index is 0.578. The highest BCUT2D eigenvalue weighted by molar-refractivity contribution is 9.14. The summed E-state index contributed by atoms with van der Waals surface area (Å²) in [5, 5.41) is 2.79. The fourth-order valence-corrected chi connectivity index (χ4v) is 0.985. The summed E-state index contributed by atoms with van der Waals surface area (Å²) in [7, 11) is 0. The van der Waals surface area contributed by atoms with E-state index >= 15 is 0 Å². The highest BCUT2D eigenvalue weighted by Gasteiger charge is 1.90. The van der Waals surface area contributed by atoms with Gasteiger partial charge in [-0.25, -0.2) is 0 Å². The van der Waals surface area contributed by atoms with Gasteiger partial charge in [0.15, 0.2) is 0 Å². The van der Waals surface area contributed by atoms with Crippen molar-refractivity contribution in [3.8, 4) is 0 Å². The van der Waals surface area contributed by atoms with Crippen LogP contribution in [0.1, 0.15) is 13.8 Å². The van der Waals surface area contributed by atoms with E-state index in [9.17, 15) is 0 Å². The molecular weight excluding hydrogens is 232 g/mol. The molecule has 0 saturated heterocycles. The summed E-state index contributed by atoms with van der Waals surface area (Å²) in [5.41, 5.74) is 0. The Hall–Kier alpha value is 0.700. The molecule has 8 heavy (non-hydrogen) atoms. The smallest absolute Gasteiger partial charge is 0.0755 e. The average molecular weight is 240 g/mol. The Morgan fingerprint density at radius 1 is 1.62 bits per heavy atom. The van der Waals surface area contributed by atoms with Crippen molar-refractivity contribution >= 4 is 31.9 Å². The molecule has 0 N–H and O–H groups in total. The van der Waals surface area contributed by atoms with E-state index in [1.807, 2.05) is 0 Å². The highest BCUT2D eigenvalue weighted by atomic mass is 79.9. The zero-order chi connectivity index (χ0) is 6.57. The Balaban J connectivity index is 3.56. The zero-order valence-electron chi connectivity index (χ0n) is 4.91. The highest BCUT2D eigenvalue weighted by Crippen LogP contribution is 2.15. The second-order valence-electron chi connectivity index (χ2n) is 1.85. The second-order valence-corrected chi connectivity index (χ2v) is 3.10.